The molecule has 0 saturated carbocycles. The minimum Gasteiger partial charge on any atom is -0.497 e. The normalized spacial score (nSPS) is 10.8. The number of esters is 1. The maximum Gasteiger partial charge on any atom is 0.311 e. The van der Waals surface area contributed by atoms with Crippen LogP contribution in [0.4, 0.5) is 0 Å². The van der Waals surface area contributed by atoms with Crippen LogP contribution < -0.4 is 14.9 Å². The third kappa shape index (κ3) is 3.87. The Morgan fingerprint density at radius 3 is 2.44 bits per heavy atom. The van der Waals surface area contributed by atoms with Crippen LogP contribution in [-0.2, 0) is 11.2 Å². The number of benzene rings is 2. The van der Waals surface area contributed by atoms with Gasteiger partial charge in [0.15, 0.2) is 5.76 Å². The van der Waals surface area contributed by atoms with Gasteiger partial charge < -0.3 is 13.9 Å². The summed E-state index contributed by atoms with van der Waals surface area (Å²) in [6.07, 6.45) is 1.66. The van der Waals surface area contributed by atoms with E-state index in [2.05, 4.69) is 0 Å². The molecule has 0 atom stereocenters. The van der Waals surface area contributed by atoms with Crippen molar-refractivity contribution in [2.24, 2.45) is 0 Å². The number of hydrogen-bond acceptors (Lipinski definition) is 5. The van der Waals surface area contributed by atoms with Crippen molar-refractivity contribution < 1.29 is 18.7 Å². The van der Waals surface area contributed by atoms with E-state index in [0.717, 1.165) is 12.0 Å². The molecule has 0 fully saturated rings. The van der Waals surface area contributed by atoms with E-state index in [1.54, 1.807) is 43.5 Å². The second kappa shape index (κ2) is 8.08. The Hall–Kier alpha value is -3.08. The second-order valence-corrected chi connectivity index (χ2v) is 6.23. The summed E-state index contributed by atoms with van der Waals surface area (Å²) in [7, 11) is 1.58. The van der Waals surface area contributed by atoms with Crippen LogP contribution in [0.5, 0.6) is 11.5 Å². The molecule has 0 aliphatic heterocycles. The van der Waals surface area contributed by atoms with Crippen molar-refractivity contribution in [3.05, 3.63) is 58.3 Å². The summed E-state index contributed by atoms with van der Waals surface area (Å²) in [5.74, 6) is 0.396. The molecule has 5 nitrogen and oxygen atoms in total. The highest BCUT2D eigenvalue weighted by atomic mass is 16.5. The molecule has 0 saturated heterocycles. The Bertz CT molecular complexity index is 1020. The quantitative estimate of drug-likeness (QED) is 0.590. The predicted molar refractivity (Wildman–Crippen MR) is 104 cm³/mol. The average Bonchev–Trinajstić information content (AvgIpc) is 2.70. The van der Waals surface area contributed by atoms with Crippen LogP contribution in [0.25, 0.3) is 22.3 Å². The van der Waals surface area contributed by atoms with E-state index in [1.807, 2.05) is 19.9 Å². The first-order valence-corrected chi connectivity index (χ1v) is 9.02. The van der Waals surface area contributed by atoms with Crippen molar-refractivity contribution in [2.75, 3.05) is 7.11 Å². The van der Waals surface area contributed by atoms with Gasteiger partial charge >= 0.3 is 5.97 Å². The fraction of sp³-hybridized carbons (Fsp3) is 0.273. The monoisotopic (exact) mass is 366 g/mol. The molecule has 3 aromatic rings. The maximum atomic E-state index is 13.1. The number of fused-ring (bicyclic) bond motifs is 1. The van der Waals surface area contributed by atoms with Crippen LogP contribution in [0.3, 0.4) is 0 Å². The number of carbonyl (C=O) groups excluding carboxylic acids is 1. The summed E-state index contributed by atoms with van der Waals surface area (Å²) in [6, 6.07) is 12.5. The van der Waals surface area contributed by atoms with Gasteiger partial charge in [-0.15, -0.1) is 0 Å². The fourth-order valence-corrected chi connectivity index (χ4v) is 2.84. The van der Waals surface area contributed by atoms with Gasteiger partial charge in [-0.25, -0.2) is 0 Å². The summed E-state index contributed by atoms with van der Waals surface area (Å²) in [6.45, 7) is 3.89. The fourth-order valence-electron chi connectivity index (χ4n) is 2.84. The zero-order chi connectivity index (χ0) is 19.4. The van der Waals surface area contributed by atoms with E-state index < -0.39 is 5.97 Å². The molecule has 0 spiro atoms. The lowest BCUT2D eigenvalue weighted by molar-refractivity contribution is -0.134. The molecule has 0 aliphatic carbocycles. The zero-order valence-electron chi connectivity index (χ0n) is 15.7. The van der Waals surface area contributed by atoms with Gasteiger partial charge in [0.05, 0.1) is 12.5 Å². The van der Waals surface area contributed by atoms with Crippen molar-refractivity contribution in [3.63, 3.8) is 0 Å². The molecular weight excluding hydrogens is 344 g/mol. The topological polar surface area (TPSA) is 65.7 Å². The molecule has 0 unspecified atom stereocenters. The Balaban J connectivity index is 2.22. The number of aryl methyl sites for hydroxylation is 1. The third-order valence-corrected chi connectivity index (χ3v) is 4.34. The first kappa shape index (κ1) is 18.7. The number of rotatable bonds is 6. The lowest BCUT2D eigenvalue weighted by Crippen LogP contribution is -2.15. The standard InChI is InChI=1S/C22H22O5/c1-4-6-19(23)27-22-20(24)17-13-14(5-2)7-12-18(17)26-21(22)15-8-10-16(25-3)11-9-15/h7-13H,4-6H2,1-3H3. The van der Waals surface area contributed by atoms with Crippen molar-refractivity contribution in [1.82, 2.24) is 0 Å². The highest BCUT2D eigenvalue weighted by molar-refractivity contribution is 5.84. The predicted octanol–water partition coefficient (Wildman–Crippen LogP) is 4.74. The average molecular weight is 366 g/mol. The van der Waals surface area contributed by atoms with Crippen LogP contribution in [0, 0.1) is 0 Å². The summed E-state index contributed by atoms with van der Waals surface area (Å²) < 4.78 is 16.6. The molecule has 1 aromatic heterocycles. The number of methoxy groups -OCH3 is 1. The number of hydrogen-bond donors (Lipinski definition) is 0. The molecular formula is C22H22O5. The van der Waals surface area contributed by atoms with Gasteiger partial charge in [0.2, 0.25) is 11.2 Å². The van der Waals surface area contributed by atoms with Crippen LogP contribution in [0.15, 0.2) is 51.7 Å². The molecule has 0 amide bonds. The third-order valence-electron chi connectivity index (χ3n) is 4.34. The molecule has 140 valence electrons. The SMILES string of the molecule is CCCC(=O)Oc1c(-c2ccc(OC)cc2)oc2ccc(CC)cc2c1=O. The number of ether oxygens (including phenoxy) is 2. The molecule has 2 aromatic carbocycles. The minimum atomic E-state index is -0.453. The maximum absolute atomic E-state index is 13.1. The van der Waals surface area contributed by atoms with E-state index in [0.29, 0.717) is 28.7 Å². The molecule has 0 bridgehead atoms. The van der Waals surface area contributed by atoms with E-state index in [4.69, 9.17) is 13.9 Å². The van der Waals surface area contributed by atoms with Crippen molar-refractivity contribution in [1.29, 1.82) is 0 Å². The highest BCUT2D eigenvalue weighted by Gasteiger charge is 2.20. The van der Waals surface area contributed by atoms with Gasteiger partial charge in [-0.1, -0.05) is 19.9 Å². The molecule has 5 heteroatoms. The van der Waals surface area contributed by atoms with Gasteiger partial charge in [-0.05, 0) is 54.8 Å². The van der Waals surface area contributed by atoms with Gasteiger partial charge in [-0.3, -0.25) is 9.59 Å². The van der Waals surface area contributed by atoms with E-state index in [1.165, 1.54) is 0 Å². The van der Waals surface area contributed by atoms with Crippen LogP contribution in [0.2, 0.25) is 0 Å². The molecule has 3 rings (SSSR count). The summed E-state index contributed by atoms with van der Waals surface area (Å²) in [4.78, 5) is 25.2. The van der Waals surface area contributed by atoms with Gasteiger partial charge in [0.25, 0.3) is 0 Å². The van der Waals surface area contributed by atoms with Crippen LogP contribution in [0.1, 0.15) is 32.3 Å². The first-order valence-electron chi connectivity index (χ1n) is 9.02. The highest BCUT2D eigenvalue weighted by Crippen LogP contribution is 2.32. The largest absolute Gasteiger partial charge is 0.497 e. The van der Waals surface area contributed by atoms with Crippen LogP contribution in [-0.4, -0.2) is 13.1 Å². The summed E-state index contributed by atoms with van der Waals surface area (Å²) >= 11 is 0. The summed E-state index contributed by atoms with van der Waals surface area (Å²) in [5.41, 5.74) is 1.76. The smallest absolute Gasteiger partial charge is 0.311 e. The van der Waals surface area contributed by atoms with Crippen LogP contribution >= 0.6 is 0 Å². The number of carbonyl (C=O) groups is 1. The van der Waals surface area contributed by atoms with E-state index >= 15 is 0 Å². The van der Waals surface area contributed by atoms with Crippen molar-refractivity contribution in [3.8, 4) is 22.8 Å². The van der Waals surface area contributed by atoms with Gasteiger partial charge in [0.1, 0.15) is 11.3 Å². The van der Waals surface area contributed by atoms with Crippen molar-refractivity contribution >= 4 is 16.9 Å². The lowest BCUT2D eigenvalue weighted by Gasteiger charge is -2.11. The van der Waals surface area contributed by atoms with Crippen molar-refractivity contribution in [2.45, 2.75) is 33.1 Å². The molecule has 1 heterocycles. The Morgan fingerprint density at radius 2 is 1.81 bits per heavy atom. The van der Waals surface area contributed by atoms with E-state index in [9.17, 15) is 9.59 Å². The Labute approximate surface area is 157 Å². The van der Waals surface area contributed by atoms with Gasteiger partial charge in [-0.2, -0.15) is 0 Å². The Morgan fingerprint density at radius 1 is 1.07 bits per heavy atom. The molecule has 0 aliphatic rings. The Kier molecular flexibility index (Phi) is 5.60. The minimum absolute atomic E-state index is 0.0700. The molecule has 0 radical (unpaired) electrons. The second-order valence-electron chi connectivity index (χ2n) is 6.23. The van der Waals surface area contributed by atoms with E-state index in [-0.39, 0.29) is 23.4 Å². The molecule has 0 N–H and O–H groups in total. The first-order chi connectivity index (χ1) is 13.1. The summed E-state index contributed by atoms with van der Waals surface area (Å²) in [5, 5.41) is 0.408. The zero-order valence-corrected chi connectivity index (χ0v) is 15.7. The molecule has 27 heavy (non-hydrogen) atoms. The van der Waals surface area contributed by atoms with Gasteiger partial charge in [0, 0.05) is 12.0 Å². The lowest BCUT2D eigenvalue weighted by atomic mass is 10.1.